The van der Waals surface area contributed by atoms with Gasteiger partial charge in [-0.15, -0.1) is 6.58 Å². The van der Waals surface area contributed by atoms with Gasteiger partial charge in [-0.05, 0) is 30.2 Å². The predicted molar refractivity (Wildman–Crippen MR) is 133 cm³/mol. The molecule has 0 saturated carbocycles. The number of carboxylic acids is 1. The van der Waals surface area contributed by atoms with Crippen LogP contribution in [0.5, 0.6) is 5.75 Å². The second kappa shape index (κ2) is 9.65. The molecule has 5 heterocycles. The minimum atomic E-state index is -1.58. The van der Waals surface area contributed by atoms with Gasteiger partial charge < -0.3 is 49.6 Å². The number of fused-ring (bicyclic) bond motifs is 6. The van der Waals surface area contributed by atoms with Crippen LogP contribution in [-0.4, -0.2) is 97.3 Å². The quantitative estimate of drug-likeness (QED) is 0.220. The summed E-state index contributed by atoms with van der Waals surface area (Å²) in [5.74, 6) is -1.39. The molecular formula is C27H30N2O10. The first-order chi connectivity index (χ1) is 18.7. The zero-order valence-corrected chi connectivity index (χ0v) is 20.8. The number of esters is 1. The summed E-state index contributed by atoms with van der Waals surface area (Å²) in [6.07, 6.45) is -3.02. The minimum absolute atomic E-state index is 0.0762. The van der Waals surface area contributed by atoms with Gasteiger partial charge in [0.05, 0.1) is 24.8 Å². The number of hydrogen-bond donors (Lipinski definition) is 6. The summed E-state index contributed by atoms with van der Waals surface area (Å²) >= 11 is 0. The van der Waals surface area contributed by atoms with Crippen LogP contribution in [0.3, 0.4) is 0 Å². The number of H-pyrrole nitrogens is 1. The van der Waals surface area contributed by atoms with E-state index in [1.807, 2.05) is 0 Å². The highest BCUT2D eigenvalue weighted by Gasteiger charge is 2.48. The van der Waals surface area contributed by atoms with Crippen molar-refractivity contribution in [2.45, 2.75) is 55.6 Å². The molecule has 0 spiro atoms. The molecule has 0 amide bonds. The Morgan fingerprint density at radius 3 is 2.74 bits per heavy atom. The van der Waals surface area contributed by atoms with Crippen molar-refractivity contribution in [2.75, 3.05) is 13.2 Å². The number of hydrogen-bond acceptors (Lipinski definition) is 10. The Kier molecular flexibility index (Phi) is 6.39. The lowest BCUT2D eigenvalue weighted by atomic mass is 9.75. The Bertz CT molecular complexity index is 1350. The van der Waals surface area contributed by atoms with Crippen molar-refractivity contribution >= 4 is 22.8 Å². The van der Waals surface area contributed by atoms with Gasteiger partial charge in [-0.3, -0.25) is 0 Å². The third-order valence-electron chi connectivity index (χ3n) is 8.37. The maximum atomic E-state index is 12.5. The monoisotopic (exact) mass is 542 g/mol. The highest BCUT2D eigenvalue weighted by Crippen LogP contribution is 2.48. The van der Waals surface area contributed by atoms with Crippen LogP contribution in [0.1, 0.15) is 23.7 Å². The molecule has 4 aliphatic heterocycles. The van der Waals surface area contributed by atoms with E-state index in [9.17, 15) is 35.1 Å². The van der Waals surface area contributed by atoms with Crippen LogP contribution in [0.2, 0.25) is 0 Å². The molecule has 9 unspecified atom stereocenters. The molecule has 12 nitrogen and oxygen atoms in total. The third kappa shape index (κ3) is 4.10. The van der Waals surface area contributed by atoms with Gasteiger partial charge in [-0.1, -0.05) is 6.08 Å². The van der Waals surface area contributed by atoms with Crippen molar-refractivity contribution in [2.24, 2.45) is 11.8 Å². The van der Waals surface area contributed by atoms with Gasteiger partial charge in [0.25, 0.3) is 0 Å². The molecule has 208 valence electrons. The summed E-state index contributed by atoms with van der Waals surface area (Å²) in [4.78, 5) is 30.1. The lowest BCUT2D eigenvalue weighted by Crippen LogP contribution is -2.60. The summed E-state index contributed by atoms with van der Waals surface area (Å²) in [7, 11) is 0. The van der Waals surface area contributed by atoms with Gasteiger partial charge in [0, 0.05) is 41.1 Å². The number of aromatic nitrogens is 1. The van der Waals surface area contributed by atoms with Crippen molar-refractivity contribution in [3.63, 3.8) is 0 Å². The minimum Gasteiger partial charge on any atom is -0.480 e. The van der Waals surface area contributed by atoms with E-state index in [4.69, 9.17) is 14.2 Å². The van der Waals surface area contributed by atoms with E-state index in [2.05, 4.69) is 11.6 Å². The number of aliphatic hydroxyl groups excluding tert-OH is 4. The summed E-state index contributed by atoms with van der Waals surface area (Å²) < 4.78 is 16.6. The molecule has 2 saturated heterocycles. The van der Waals surface area contributed by atoms with E-state index >= 15 is 0 Å². The van der Waals surface area contributed by atoms with Crippen molar-refractivity contribution < 1.29 is 49.3 Å². The van der Waals surface area contributed by atoms with Crippen molar-refractivity contribution in [3.8, 4) is 5.75 Å². The van der Waals surface area contributed by atoms with Crippen LogP contribution < -0.4 is 4.74 Å². The van der Waals surface area contributed by atoms with Gasteiger partial charge >= 0.3 is 11.9 Å². The average molecular weight is 543 g/mol. The van der Waals surface area contributed by atoms with E-state index in [1.54, 1.807) is 35.4 Å². The van der Waals surface area contributed by atoms with Crippen LogP contribution in [0.15, 0.2) is 42.6 Å². The van der Waals surface area contributed by atoms with Crippen molar-refractivity contribution in [1.29, 1.82) is 0 Å². The summed E-state index contributed by atoms with van der Waals surface area (Å²) in [6, 6.07) is 3.87. The molecule has 12 heteroatoms. The van der Waals surface area contributed by atoms with Crippen LogP contribution in [-0.2, 0) is 25.5 Å². The van der Waals surface area contributed by atoms with Crippen LogP contribution in [0.4, 0.5) is 0 Å². The number of carboxylic acid groups (broad SMARTS) is 1. The van der Waals surface area contributed by atoms with Crippen LogP contribution in [0.25, 0.3) is 10.9 Å². The third-order valence-corrected chi connectivity index (χ3v) is 8.37. The Balaban J connectivity index is 1.36. The number of nitrogens with one attached hydrogen (secondary N) is 1. The molecule has 2 aromatic rings. The number of carbonyl (C=O) groups excluding carboxylic acids is 1. The maximum Gasteiger partial charge on any atom is 0.335 e. The van der Waals surface area contributed by atoms with Gasteiger partial charge in [-0.25, -0.2) is 9.59 Å². The first-order valence-corrected chi connectivity index (χ1v) is 12.8. The smallest absolute Gasteiger partial charge is 0.335 e. The molecule has 0 radical (unpaired) electrons. The molecular weight excluding hydrogens is 512 g/mol. The normalized spacial score (nSPS) is 35.8. The summed E-state index contributed by atoms with van der Waals surface area (Å²) in [5.41, 5.74) is 2.88. The van der Waals surface area contributed by atoms with Crippen LogP contribution in [0, 0.1) is 11.8 Å². The molecule has 1 aromatic carbocycles. The Morgan fingerprint density at radius 2 is 2.03 bits per heavy atom. The van der Waals surface area contributed by atoms with E-state index in [0.717, 1.165) is 22.2 Å². The highest BCUT2D eigenvalue weighted by atomic mass is 16.7. The molecule has 39 heavy (non-hydrogen) atoms. The largest absolute Gasteiger partial charge is 0.480 e. The first kappa shape index (κ1) is 25.8. The number of nitrogens with zero attached hydrogens (tertiary/aromatic N) is 1. The SMILES string of the molecule is C=CC1COC(=O)C2=CN3C(C(=O)O)Cc4c([nH]c5ccc(OC6OC(CO)C(O)C(O)C6O)cc45)C3CC21. The summed E-state index contributed by atoms with van der Waals surface area (Å²) in [5, 5.41) is 50.8. The van der Waals surface area contributed by atoms with Gasteiger partial charge in [0.15, 0.2) is 0 Å². The van der Waals surface area contributed by atoms with Gasteiger partial charge in [-0.2, -0.15) is 0 Å². The molecule has 0 aliphatic carbocycles. The second-order valence-corrected chi connectivity index (χ2v) is 10.5. The molecule has 0 bridgehead atoms. The lowest BCUT2D eigenvalue weighted by molar-refractivity contribution is -0.277. The molecule has 1 aromatic heterocycles. The Hall–Kier alpha value is -3.42. The molecule has 2 fully saturated rings. The van der Waals surface area contributed by atoms with Crippen molar-refractivity contribution in [3.05, 3.63) is 53.9 Å². The predicted octanol–water partition coefficient (Wildman–Crippen LogP) is -0.0382. The van der Waals surface area contributed by atoms with Gasteiger partial charge in [0.2, 0.25) is 6.29 Å². The number of aromatic amines is 1. The number of cyclic esters (lactones) is 1. The Morgan fingerprint density at radius 1 is 1.23 bits per heavy atom. The van der Waals surface area contributed by atoms with Crippen molar-refractivity contribution in [1.82, 2.24) is 9.88 Å². The van der Waals surface area contributed by atoms with E-state index < -0.39 is 55.3 Å². The first-order valence-electron chi connectivity index (χ1n) is 12.8. The maximum absolute atomic E-state index is 12.5. The molecule has 6 N–H and O–H groups in total. The fraction of sp³-hybridized carbons (Fsp3) is 0.481. The fourth-order valence-electron chi connectivity index (χ4n) is 6.26. The van der Waals surface area contributed by atoms with Crippen LogP contribution >= 0.6 is 0 Å². The number of aliphatic hydroxyl groups is 4. The number of rotatable bonds is 5. The standard InChI is InChI=1S/C27H30N2O10/c1-2-11-10-37-26(36)16-8-29-18(6-13(11)16)21-15(7-19(29)25(34)35)14-5-12(3-4-17(14)28-21)38-27-24(33)23(32)22(31)20(9-30)39-27/h2-5,8,11,13,18-20,22-24,27-28,30-33H,1,6-7,9-10H2,(H,34,35). The fourth-order valence-corrected chi connectivity index (χ4v) is 6.26. The van der Waals surface area contributed by atoms with E-state index in [0.29, 0.717) is 12.0 Å². The van der Waals surface area contributed by atoms with E-state index in [-0.39, 0.29) is 36.7 Å². The zero-order chi connectivity index (χ0) is 27.6. The molecule has 6 rings (SSSR count). The number of benzene rings is 1. The highest BCUT2D eigenvalue weighted by molar-refractivity contribution is 5.91. The number of ether oxygens (including phenoxy) is 3. The number of aliphatic carboxylic acids is 1. The summed E-state index contributed by atoms with van der Waals surface area (Å²) in [6.45, 7) is 3.54. The Labute approximate surface area is 222 Å². The molecule has 4 aliphatic rings. The lowest BCUT2D eigenvalue weighted by Gasteiger charge is -2.47. The average Bonchev–Trinajstić information content (AvgIpc) is 3.30. The van der Waals surface area contributed by atoms with E-state index in [1.165, 1.54) is 0 Å². The molecule has 9 atom stereocenters. The number of carbonyl (C=O) groups is 2. The van der Waals surface area contributed by atoms with Gasteiger partial charge in [0.1, 0.15) is 36.2 Å². The zero-order valence-electron chi connectivity index (χ0n) is 20.8. The second-order valence-electron chi connectivity index (χ2n) is 10.5. The topological polar surface area (TPSA) is 182 Å².